The van der Waals surface area contributed by atoms with E-state index < -0.39 is 13.9 Å². The van der Waals surface area contributed by atoms with Crippen molar-refractivity contribution in [1.29, 1.82) is 0 Å². The molecule has 8 nitrogen and oxygen atoms in total. The highest BCUT2D eigenvalue weighted by atomic mass is 31.2. The van der Waals surface area contributed by atoms with Crippen LogP contribution in [0.15, 0.2) is 72.9 Å². The third-order valence-electron chi connectivity index (χ3n) is 9.77. The summed E-state index contributed by atoms with van der Waals surface area (Å²) in [6.45, 7) is 5.25. The third-order valence-corrected chi connectivity index (χ3v) is 10.7. The van der Waals surface area contributed by atoms with Crippen molar-refractivity contribution in [1.82, 2.24) is 0 Å². The Bertz CT molecular complexity index is 1170. The minimum Gasteiger partial charge on any atom is -0.756 e. The number of phosphoric ester groups is 1. The average molecular weight is 848 g/mol. The van der Waals surface area contributed by atoms with Gasteiger partial charge in [0.25, 0.3) is 7.82 Å². The minimum atomic E-state index is -4.53. The molecule has 0 aliphatic heterocycles. The van der Waals surface area contributed by atoms with Gasteiger partial charge in [-0.15, -0.1) is 0 Å². The number of carbonyl (C=O) groups excluding carboxylic acids is 1. The van der Waals surface area contributed by atoms with E-state index in [1.807, 2.05) is 21.1 Å². The number of hydrogen-bond acceptors (Lipinski definition) is 7. The van der Waals surface area contributed by atoms with Crippen LogP contribution >= 0.6 is 7.82 Å². The Balaban J connectivity index is 4.14. The third kappa shape index (κ3) is 46.9. The molecular weight excluding hydrogens is 758 g/mol. The fourth-order valence-corrected chi connectivity index (χ4v) is 6.87. The molecule has 0 spiro atoms. The Labute approximate surface area is 363 Å². The largest absolute Gasteiger partial charge is 0.756 e. The molecule has 342 valence electrons. The molecule has 0 aromatic rings. The molecule has 2 unspecified atom stereocenters. The Morgan fingerprint density at radius 1 is 0.542 bits per heavy atom. The monoisotopic (exact) mass is 848 g/mol. The highest BCUT2D eigenvalue weighted by Crippen LogP contribution is 2.38. The van der Waals surface area contributed by atoms with Crippen molar-refractivity contribution >= 4 is 13.8 Å². The molecule has 2 atom stereocenters. The van der Waals surface area contributed by atoms with Gasteiger partial charge in [-0.25, -0.2) is 0 Å². The summed E-state index contributed by atoms with van der Waals surface area (Å²) >= 11 is 0. The van der Waals surface area contributed by atoms with Gasteiger partial charge in [0.1, 0.15) is 19.3 Å². The highest BCUT2D eigenvalue weighted by Gasteiger charge is 2.20. The van der Waals surface area contributed by atoms with Crippen LogP contribution in [-0.4, -0.2) is 70.7 Å². The molecule has 0 saturated heterocycles. The molecule has 0 bridgehead atoms. The summed E-state index contributed by atoms with van der Waals surface area (Å²) in [4.78, 5) is 25.0. The van der Waals surface area contributed by atoms with Gasteiger partial charge in [-0.1, -0.05) is 183 Å². The molecule has 0 radical (unpaired) electrons. The second-order valence-corrected chi connectivity index (χ2v) is 18.2. The van der Waals surface area contributed by atoms with E-state index in [0.29, 0.717) is 24.1 Å². The summed E-state index contributed by atoms with van der Waals surface area (Å²) in [5.41, 5.74) is 0. The fraction of sp³-hybridized carbons (Fsp3) is 0.740. The second-order valence-electron chi connectivity index (χ2n) is 16.7. The molecule has 0 aliphatic rings. The lowest BCUT2D eigenvalue weighted by molar-refractivity contribution is -0.870. The molecule has 0 aromatic carbocycles. The van der Waals surface area contributed by atoms with Gasteiger partial charge < -0.3 is 27.9 Å². The molecule has 0 aromatic heterocycles. The number of likely N-dealkylation sites (N-methyl/N-ethyl adjacent to an activating group) is 1. The van der Waals surface area contributed by atoms with E-state index in [9.17, 15) is 14.3 Å². The van der Waals surface area contributed by atoms with E-state index in [-0.39, 0.29) is 25.8 Å². The van der Waals surface area contributed by atoms with Crippen LogP contribution in [-0.2, 0) is 27.9 Å². The maximum absolute atomic E-state index is 12.7. The van der Waals surface area contributed by atoms with Crippen molar-refractivity contribution in [2.75, 3.05) is 54.1 Å². The topological polar surface area (TPSA) is 94.1 Å². The lowest BCUT2D eigenvalue weighted by Gasteiger charge is -2.28. The van der Waals surface area contributed by atoms with E-state index >= 15 is 0 Å². The number of allylic oxidation sites excluding steroid dienone is 12. The first-order valence-corrected chi connectivity index (χ1v) is 25.1. The van der Waals surface area contributed by atoms with Gasteiger partial charge in [-0.3, -0.25) is 9.36 Å². The van der Waals surface area contributed by atoms with Gasteiger partial charge in [-0.05, 0) is 64.2 Å². The molecule has 0 heterocycles. The molecule has 0 amide bonds. The van der Waals surface area contributed by atoms with E-state index in [1.54, 1.807) is 0 Å². The predicted octanol–water partition coefficient (Wildman–Crippen LogP) is 13.6. The smallest absolute Gasteiger partial charge is 0.306 e. The van der Waals surface area contributed by atoms with Crippen molar-refractivity contribution in [3.63, 3.8) is 0 Å². The van der Waals surface area contributed by atoms with E-state index in [2.05, 4.69) is 86.8 Å². The number of esters is 1. The quantitative estimate of drug-likeness (QED) is 0.0198. The van der Waals surface area contributed by atoms with Crippen LogP contribution in [0.3, 0.4) is 0 Å². The number of phosphoric acid groups is 1. The summed E-state index contributed by atoms with van der Waals surface area (Å²) < 4.78 is 34.6. The predicted molar refractivity (Wildman–Crippen MR) is 249 cm³/mol. The van der Waals surface area contributed by atoms with Gasteiger partial charge >= 0.3 is 5.97 Å². The van der Waals surface area contributed by atoms with Gasteiger partial charge in [0.2, 0.25) is 0 Å². The van der Waals surface area contributed by atoms with E-state index in [1.165, 1.54) is 77.0 Å². The lowest BCUT2D eigenvalue weighted by atomic mass is 10.1. The minimum absolute atomic E-state index is 0.0214. The molecule has 59 heavy (non-hydrogen) atoms. The van der Waals surface area contributed by atoms with Gasteiger partial charge in [-0.2, -0.15) is 0 Å². The molecular formula is C50H90NO7P. The Morgan fingerprint density at radius 3 is 1.47 bits per heavy atom. The molecule has 0 aliphatic carbocycles. The van der Waals surface area contributed by atoms with E-state index in [0.717, 1.165) is 83.5 Å². The van der Waals surface area contributed by atoms with Gasteiger partial charge in [0, 0.05) is 13.0 Å². The molecule has 9 heteroatoms. The zero-order chi connectivity index (χ0) is 43.4. The normalized spacial score (nSPS) is 14.3. The van der Waals surface area contributed by atoms with Gasteiger partial charge in [0.15, 0.2) is 0 Å². The van der Waals surface area contributed by atoms with E-state index in [4.69, 9.17) is 18.5 Å². The van der Waals surface area contributed by atoms with Crippen molar-refractivity contribution in [2.45, 2.75) is 187 Å². The average Bonchev–Trinajstić information content (AvgIpc) is 3.19. The Kier molecular flexibility index (Phi) is 41.1. The molecule has 0 fully saturated rings. The maximum atomic E-state index is 12.7. The molecule has 0 N–H and O–H groups in total. The van der Waals surface area contributed by atoms with Crippen LogP contribution in [0.5, 0.6) is 0 Å². The fourth-order valence-electron chi connectivity index (χ4n) is 6.14. The lowest BCUT2D eigenvalue weighted by Crippen LogP contribution is -2.37. The highest BCUT2D eigenvalue weighted by molar-refractivity contribution is 7.45. The number of quaternary nitrogens is 1. The van der Waals surface area contributed by atoms with Crippen LogP contribution in [0, 0.1) is 0 Å². The number of rotatable bonds is 43. The summed E-state index contributed by atoms with van der Waals surface area (Å²) in [5, 5.41) is 0. The SMILES string of the molecule is CC/C=C\C/C=C\C/C=C\C/C=C\C/C=C\C/C=C\CCCCCCCCCOCC(COP(=O)([O-])OCC[N+](C)(C)C)OC(=O)CCCCCCCCCCCCC. The van der Waals surface area contributed by atoms with Crippen LogP contribution in [0.2, 0.25) is 0 Å². The zero-order valence-electron chi connectivity index (χ0n) is 38.7. The first-order valence-electron chi connectivity index (χ1n) is 23.7. The summed E-state index contributed by atoms with van der Waals surface area (Å²) in [6.07, 6.45) is 54.9. The van der Waals surface area contributed by atoms with Crippen molar-refractivity contribution in [2.24, 2.45) is 0 Å². The summed E-state index contributed by atoms with van der Waals surface area (Å²) in [5.74, 6) is -0.342. The van der Waals surface area contributed by atoms with Crippen LogP contribution in [0.4, 0.5) is 0 Å². The first-order chi connectivity index (χ1) is 28.6. The van der Waals surface area contributed by atoms with Crippen LogP contribution in [0.1, 0.15) is 181 Å². The summed E-state index contributed by atoms with van der Waals surface area (Å²) in [6, 6.07) is 0. The van der Waals surface area contributed by atoms with Gasteiger partial charge in [0.05, 0.1) is 34.4 Å². The standard InChI is InChI=1S/C50H90NO7P/c1-6-8-10-12-14-16-18-19-20-21-22-23-24-25-26-27-28-29-30-31-32-34-36-38-40-42-45-55-47-49(48-57-59(53,54)56-46-44-51(3,4)5)58-50(52)43-41-39-37-35-33-17-15-13-11-9-7-2/h8,10,14,16,19-20,22-23,25-26,28-29,49H,6-7,9,11-13,15,17-18,21,24,27,30-48H2,1-5H3/b10-8-,16-14-,20-19-,23-22-,26-25-,29-28-. The van der Waals surface area contributed by atoms with Crippen LogP contribution in [0.25, 0.3) is 0 Å². The zero-order valence-corrected chi connectivity index (χ0v) is 39.6. The first kappa shape index (κ1) is 56.9. The van der Waals surface area contributed by atoms with Crippen molar-refractivity contribution in [3.05, 3.63) is 72.9 Å². The summed E-state index contributed by atoms with van der Waals surface area (Å²) in [7, 11) is 1.34. The van der Waals surface area contributed by atoms with Crippen molar-refractivity contribution in [3.8, 4) is 0 Å². The maximum Gasteiger partial charge on any atom is 0.306 e. The number of hydrogen-bond donors (Lipinski definition) is 0. The van der Waals surface area contributed by atoms with Crippen LogP contribution < -0.4 is 4.89 Å². The Hall–Kier alpha value is -2.06. The number of unbranched alkanes of at least 4 members (excludes halogenated alkanes) is 17. The number of ether oxygens (including phenoxy) is 2. The Morgan fingerprint density at radius 2 is 0.983 bits per heavy atom. The number of nitrogens with zero attached hydrogens (tertiary/aromatic N) is 1. The van der Waals surface area contributed by atoms with Crippen molar-refractivity contribution < 1.29 is 37.3 Å². The second kappa shape index (κ2) is 42.6. The number of carbonyl (C=O) groups is 1. The molecule has 0 rings (SSSR count). The molecule has 0 saturated carbocycles.